The molecule has 0 bridgehead atoms. The fourth-order valence-electron chi connectivity index (χ4n) is 2.98. The molecule has 6 heteroatoms. The molecule has 1 saturated heterocycles. The van der Waals surface area contributed by atoms with Crippen LogP contribution < -0.4 is 5.32 Å². The summed E-state index contributed by atoms with van der Waals surface area (Å²) in [4.78, 5) is 4.09. The normalized spacial score (nSPS) is 22.8. The van der Waals surface area contributed by atoms with Gasteiger partial charge < -0.3 is 15.0 Å². The number of nitrogens with one attached hydrogen (secondary N) is 1. The van der Waals surface area contributed by atoms with Crippen LogP contribution in [0.2, 0.25) is 0 Å². The third kappa shape index (κ3) is 2.91. The Morgan fingerprint density at radius 2 is 2.24 bits per heavy atom. The number of rotatable bonds is 4. The zero-order valence-corrected chi connectivity index (χ0v) is 11.7. The van der Waals surface area contributed by atoms with E-state index < -0.39 is 11.6 Å². The second-order valence-corrected chi connectivity index (χ2v) is 5.58. The van der Waals surface area contributed by atoms with Crippen LogP contribution in [0.15, 0.2) is 18.5 Å². The van der Waals surface area contributed by atoms with Crippen LogP contribution in [0.25, 0.3) is 11.0 Å². The molecule has 1 aliphatic rings. The number of piperidine rings is 1. The van der Waals surface area contributed by atoms with Crippen LogP contribution in [-0.4, -0.2) is 33.3 Å². The summed E-state index contributed by atoms with van der Waals surface area (Å²) >= 11 is 0. The van der Waals surface area contributed by atoms with E-state index in [0.717, 1.165) is 38.3 Å². The highest BCUT2D eigenvalue weighted by Gasteiger charge is 2.22. The molecule has 114 valence electrons. The second-order valence-electron chi connectivity index (χ2n) is 5.58. The number of nitrogens with zero attached hydrogens (tertiary/aromatic N) is 2. The van der Waals surface area contributed by atoms with Gasteiger partial charge in [-0.05, 0) is 44.4 Å². The van der Waals surface area contributed by atoms with Crippen molar-refractivity contribution in [2.24, 2.45) is 0 Å². The zero-order valence-electron chi connectivity index (χ0n) is 11.7. The first kappa shape index (κ1) is 14.4. The fraction of sp³-hybridized carbons (Fsp3) is 0.533. The summed E-state index contributed by atoms with van der Waals surface area (Å²) in [7, 11) is 0. The van der Waals surface area contributed by atoms with E-state index in [4.69, 9.17) is 0 Å². The molecule has 0 aliphatic carbocycles. The molecule has 3 rings (SSSR count). The lowest BCUT2D eigenvalue weighted by molar-refractivity contribution is 0.0909. The average Bonchev–Trinajstić information content (AvgIpc) is 2.89. The van der Waals surface area contributed by atoms with Gasteiger partial charge in [-0.3, -0.25) is 0 Å². The van der Waals surface area contributed by atoms with Crippen molar-refractivity contribution >= 4 is 11.0 Å². The van der Waals surface area contributed by atoms with Crippen molar-refractivity contribution in [3.05, 3.63) is 30.1 Å². The number of aliphatic hydroxyl groups excluding tert-OH is 1. The molecule has 2 atom stereocenters. The largest absolute Gasteiger partial charge is 0.392 e. The molecule has 0 amide bonds. The molecule has 0 unspecified atom stereocenters. The molecular weight excluding hydrogens is 276 g/mol. The summed E-state index contributed by atoms with van der Waals surface area (Å²) in [6, 6.07) is 2.67. The molecule has 0 saturated carbocycles. The third-order valence-electron chi connectivity index (χ3n) is 4.13. The Bertz CT molecular complexity index is 629. The summed E-state index contributed by atoms with van der Waals surface area (Å²) in [6.07, 6.45) is 4.62. The molecule has 1 fully saturated rings. The van der Waals surface area contributed by atoms with Crippen LogP contribution in [0.5, 0.6) is 0 Å². The van der Waals surface area contributed by atoms with Crippen LogP contribution >= 0.6 is 0 Å². The second kappa shape index (κ2) is 6.07. The fourth-order valence-corrected chi connectivity index (χ4v) is 2.98. The van der Waals surface area contributed by atoms with Gasteiger partial charge in [-0.2, -0.15) is 0 Å². The van der Waals surface area contributed by atoms with Crippen molar-refractivity contribution in [1.82, 2.24) is 14.9 Å². The molecule has 4 nitrogen and oxygen atoms in total. The maximum absolute atomic E-state index is 13.8. The van der Waals surface area contributed by atoms with Crippen molar-refractivity contribution < 1.29 is 13.9 Å². The third-order valence-corrected chi connectivity index (χ3v) is 4.13. The highest BCUT2D eigenvalue weighted by Crippen LogP contribution is 2.20. The monoisotopic (exact) mass is 295 g/mol. The molecule has 0 spiro atoms. The van der Waals surface area contributed by atoms with Crippen LogP contribution in [-0.2, 0) is 6.54 Å². The maximum atomic E-state index is 13.8. The minimum Gasteiger partial charge on any atom is -0.392 e. The molecule has 21 heavy (non-hydrogen) atoms. The minimum atomic E-state index is -0.853. The Kier molecular flexibility index (Phi) is 4.17. The Balaban J connectivity index is 1.67. The van der Waals surface area contributed by atoms with Crippen molar-refractivity contribution in [3.8, 4) is 0 Å². The Hall–Kier alpha value is -1.53. The van der Waals surface area contributed by atoms with E-state index in [1.807, 2.05) is 0 Å². The summed E-state index contributed by atoms with van der Waals surface area (Å²) in [5.41, 5.74) is 0.678. The molecule has 2 heterocycles. The molecular formula is C15H19F2N3O. The highest BCUT2D eigenvalue weighted by atomic mass is 19.2. The van der Waals surface area contributed by atoms with Gasteiger partial charge in [-0.15, -0.1) is 0 Å². The van der Waals surface area contributed by atoms with Crippen LogP contribution in [0.1, 0.15) is 25.7 Å². The van der Waals surface area contributed by atoms with Gasteiger partial charge in [-0.1, -0.05) is 0 Å². The van der Waals surface area contributed by atoms with Crippen molar-refractivity contribution in [2.45, 2.75) is 44.4 Å². The van der Waals surface area contributed by atoms with Gasteiger partial charge >= 0.3 is 0 Å². The number of imidazole rings is 1. The Morgan fingerprint density at radius 1 is 1.38 bits per heavy atom. The maximum Gasteiger partial charge on any atom is 0.184 e. The first-order valence-corrected chi connectivity index (χ1v) is 7.37. The van der Waals surface area contributed by atoms with E-state index in [1.54, 1.807) is 4.57 Å². The number of aryl methyl sites for hydroxylation is 1. The molecule has 1 aromatic carbocycles. The van der Waals surface area contributed by atoms with E-state index in [2.05, 4.69) is 10.3 Å². The molecule has 0 radical (unpaired) electrons. The number of benzene rings is 1. The Labute approximate surface area is 121 Å². The van der Waals surface area contributed by atoms with Gasteiger partial charge in [0, 0.05) is 12.6 Å². The molecule has 1 aliphatic heterocycles. The average molecular weight is 295 g/mol. The summed E-state index contributed by atoms with van der Waals surface area (Å²) < 4.78 is 28.8. The molecule has 1 aromatic heterocycles. The van der Waals surface area contributed by atoms with Gasteiger partial charge in [0.15, 0.2) is 11.6 Å². The van der Waals surface area contributed by atoms with E-state index >= 15 is 0 Å². The van der Waals surface area contributed by atoms with Crippen LogP contribution in [0.3, 0.4) is 0 Å². The Morgan fingerprint density at radius 3 is 3.05 bits per heavy atom. The summed E-state index contributed by atoms with van der Waals surface area (Å²) in [5, 5.41) is 13.2. The predicted molar refractivity (Wildman–Crippen MR) is 75.9 cm³/mol. The summed E-state index contributed by atoms with van der Waals surface area (Å²) in [6.45, 7) is 1.48. The van der Waals surface area contributed by atoms with Crippen LogP contribution in [0.4, 0.5) is 8.78 Å². The number of hydrogen-bond donors (Lipinski definition) is 2. The van der Waals surface area contributed by atoms with Crippen molar-refractivity contribution in [2.75, 3.05) is 6.54 Å². The van der Waals surface area contributed by atoms with Crippen molar-refractivity contribution in [1.29, 1.82) is 0 Å². The van der Waals surface area contributed by atoms with Gasteiger partial charge in [-0.25, -0.2) is 13.8 Å². The van der Waals surface area contributed by atoms with E-state index in [-0.39, 0.29) is 17.7 Å². The van der Waals surface area contributed by atoms with E-state index in [9.17, 15) is 13.9 Å². The molecule has 2 N–H and O–H groups in total. The number of fused-ring (bicyclic) bond motifs is 1. The van der Waals surface area contributed by atoms with Gasteiger partial charge in [0.05, 0.1) is 17.9 Å². The minimum absolute atomic E-state index is 0.0927. The first-order chi connectivity index (χ1) is 10.2. The smallest absolute Gasteiger partial charge is 0.184 e. The molecule has 2 aromatic rings. The lowest BCUT2D eigenvalue weighted by Gasteiger charge is -2.29. The lowest BCUT2D eigenvalue weighted by Crippen LogP contribution is -2.44. The van der Waals surface area contributed by atoms with Gasteiger partial charge in [0.2, 0.25) is 0 Å². The van der Waals surface area contributed by atoms with E-state index in [0.29, 0.717) is 12.1 Å². The van der Waals surface area contributed by atoms with Crippen LogP contribution in [0, 0.1) is 11.6 Å². The van der Waals surface area contributed by atoms with E-state index in [1.165, 1.54) is 12.4 Å². The zero-order chi connectivity index (χ0) is 14.8. The van der Waals surface area contributed by atoms with Gasteiger partial charge in [0.1, 0.15) is 5.52 Å². The summed E-state index contributed by atoms with van der Waals surface area (Å²) in [5.74, 6) is -1.70. The number of halogens is 2. The number of hydrogen-bond acceptors (Lipinski definition) is 3. The predicted octanol–water partition coefficient (Wildman–Crippen LogP) is 2.21. The van der Waals surface area contributed by atoms with Gasteiger partial charge in [0.25, 0.3) is 0 Å². The topological polar surface area (TPSA) is 50.1 Å². The number of aromatic nitrogens is 2. The first-order valence-electron chi connectivity index (χ1n) is 7.37. The van der Waals surface area contributed by atoms with Crippen molar-refractivity contribution in [3.63, 3.8) is 0 Å². The highest BCUT2D eigenvalue weighted by molar-refractivity contribution is 5.75. The quantitative estimate of drug-likeness (QED) is 0.909. The lowest BCUT2D eigenvalue weighted by atomic mass is 9.97. The standard InChI is InChI=1S/C15H19F2N3O/c16-10-5-6-12-15(14(10)17)20(9-19-12)8-2-3-11-13(21)4-1-7-18-11/h5-6,9,11,13,18,21H,1-4,7-8H2/t11-,13+/m1/s1. The SMILES string of the molecule is O[C@H]1CCCN[C@@H]1CCCn1cnc2ccc(F)c(F)c21. The number of aliphatic hydroxyl groups is 1.